The Balaban J connectivity index is 1.33. The number of urea groups is 1. The lowest BCUT2D eigenvalue weighted by molar-refractivity contribution is -0.179. The van der Waals surface area contributed by atoms with Crippen molar-refractivity contribution >= 4 is 41.3 Å². The maximum atomic E-state index is 13.0. The van der Waals surface area contributed by atoms with Crippen LogP contribution in [0.2, 0.25) is 0 Å². The zero-order valence-electron chi connectivity index (χ0n) is 17.6. The zero-order valence-corrected chi connectivity index (χ0v) is 18.4. The molecule has 4 amide bonds. The third-order valence-electron chi connectivity index (χ3n) is 5.97. The van der Waals surface area contributed by atoms with E-state index in [0.717, 1.165) is 4.90 Å². The van der Waals surface area contributed by atoms with Gasteiger partial charge in [-0.2, -0.15) is 0 Å². The van der Waals surface area contributed by atoms with Gasteiger partial charge in [0.25, 0.3) is 5.91 Å². The Morgan fingerprint density at radius 1 is 1.18 bits per heavy atom. The van der Waals surface area contributed by atoms with E-state index in [9.17, 15) is 24.3 Å². The van der Waals surface area contributed by atoms with E-state index in [0.29, 0.717) is 22.6 Å². The molecule has 4 N–H and O–H groups in total. The Bertz CT molecular complexity index is 1220. The van der Waals surface area contributed by atoms with Crippen molar-refractivity contribution in [3.05, 3.63) is 65.6 Å². The zero-order chi connectivity index (χ0) is 24.0. The van der Waals surface area contributed by atoms with Crippen LogP contribution in [-0.4, -0.2) is 74.4 Å². The second-order valence-electron chi connectivity index (χ2n) is 7.85. The van der Waals surface area contributed by atoms with Crippen LogP contribution in [0.5, 0.6) is 0 Å². The average Bonchev–Trinajstić information content (AvgIpc) is 3.16. The predicted molar refractivity (Wildman–Crippen MR) is 120 cm³/mol. The Morgan fingerprint density at radius 3 is 2.53 bits per heavy atom. The SMILES string of the molecule is NC(=O)c1ccc(NC(=O)N2COC3C(CSc4ccncc4)=C(C(=O)O)N4C(=O)[C@@H]2[C@@H]34)cc1. The number of hydrogen-bond acceptors (Lipinski definition) is 7. The van der Waals surface area contributed by atoms with Crippen LogP contribution in [0.3, 0.4) is 0 Å². The molecule has 3 aliphatic heterocycles. The number of nitrogens with zero attached hydrogens (tertiary/aromatic N) is 3. The number of thioether (sulfide) groups is 1. The molecular formula is C22H19N5O6S. The first kappa shape index (κ1) is 21.9. The molecule has 0 spiro atoms. The maximum Gasteiger partial charge on any atom is 0.352 e. The van der Waals surface area contributed by atoms with Crippen molar-refractivity contribution in [3.63, 3.8) is 0 Å². The normalized spacial score (nSPS) is 22.8. The van der Waals surface area contributed by atoms with Crippen LogP contribution < -0.4 is 11.1 Å². The molecule has 4 heterocycles. The molecule has 2 fully saturated rings. The Hall–Kier alpha value is -3.90. The molecule has 2 aromatic rings. The summed E-state index contributed by atoms with van der Waals surface area (Å²) in [5, 5.41) is 12.5. The van der Waals surface area contributed by atoms with Crippen LogP contribution in [0.25, 0.3) is 0 Å². The number of rotatable bonds is 6. The van der Waals surface area contributed by atoms with E-state index in [1.54, 1.807) is 12.4 Å². The number of amides is 4. The molecule has 3 atom stereocenters. The maximum absolute atomic E-state index is 13.0. The summed E-state index contributed by atoms with van der Waals surface area (Å²) >= 11 is 1.42. The van der Waals surface area contributed by atoms with Gasteiger partial charge in [0.05, 0.1) is 6.04 Å². The Kier molecular flexibility index (Phi) is 5.46. The van der Waals surface area contributed by atoms with Crippen LogP contribution in [0.4, 0.5) is 10.5 Å². The highest BCUT2D eigenvalue weighted by Crippen LogP contribution is 2.46. The van der Waals surface area contributed by atoms with Crippen molar-refractivity contribution in [2.45, 2.75) is 23.1 Å². The van der Waals surface area contributed by atoms with Gasteiger partial charge in [-0.05, 0) is 36.4 Å². The molecule has 11 nitrogen and oxygen atoms in total. The lowest BCUT2D eigenvalue weighted by Crippen LogP contribution is -2.75. The molecule has 0 aliphatic carbocycles. The quantitative estimate of drug-likeness (QED) is 0.409. The molecule has 0 saturated carbocycles. The van der Waals surface area contributed by atoms with Gasteiger partial charge in [-0.3, -0.25) is 24.4 Å². The van der Waals surface area contributed by atoms with Crippen molar-refractivity contribution < 1.29 is 29.0 Å². The molecule has 1 aromatic carbocycles. The highest BCUT2D eigenvalue weighted by molar-refractivity contribution is 7.99. The first-order valence-electron chi connectivity index (χ1n) is 10.3. The van der Waals surface area contributed by atoms with E-state index in [-0.39, 0.29) is 12.4 Å². The van der Waals surface area contributed by atoms with Gasteiger partial charge in [0.15, 0.2) is 0 Å². The Labute approximate surface area is 197 Å². The number of hydrogen-bond donors (Lipinski definition) is 3. The number of benzene rings is 1. The molecule has 0 bridgehead atoms. The van der Waals surface area contributed by atoms with Crippen molar-refractivity contribution in [1.29, 1.82) is 0 Å². The summed E-state index contributed by atoms with van der Waals surface area (Å²) < 4.78 is 5.92. The first-order chi connectivity index (χ1) is 16.4. The molecular weight excluding hydrogens is 462 g/mol. The topological polar surface area (TPSA) is 155 Å². The molecule has 34 heavy (non-hydrogen) atoms. The Morgan fingerprint density at radius 2 is 1.88 bits per heavy atom. The summed E-state index contributed by atoms with van der Waals surface area (Å²) in [7, 11) is 0. The van der Waals surface area contributed by atoms with Gasteiger partial charge in [0.2, 0.25) is 5.91 Å². The van der Waals surface area contributed by atoms with Gasteiger partial charge < -0.3 is 20.9 Å². The van der Waals surface area contributed by atoms with E-state index in [4.69, 9.17) is 10.5 Å². The number of carbonyl (C=O) groups is 4. The summed E-state index contributed by atoms with van der Waals surface area (Å²) in [6.45, 7) is -0.174. The minimum atomic E-state index is -1.21. The van der Waals surface area contributed by atoms with Gasteiger partial charge in [0, 0.05) is 39.9 Å². The number of carboxylic acid groups (broad SMARTS) is 1. The minimum absolute atomic E-state index is 0.0814. The smallest absolute Gasteiger partial charge is 0.352 e. The molecule has 0 radical (unpaired) electrons. The number of nitrogens with two attached hydrogens (primary N) is 1. The molecule has 1 aromatic heterocycles. The second-order valence-corrected chi connectivity index (χ2v) is 8.90. The summed E-state index contributed by atoms with van der Waals surface area (Å²) in [6, 6.07) is 7.63. The van der Waals surface area contributed by atoms with Crippen molar-refractivity contribution in [3.8, 4) is 0 Å². The number of ether oxygens (including phenoxy) is 1. The van der Waals surface area contributed by atoms with Gasteiger partial charge in [-0.1, -0.05) is 0 Å². The lowest BCUT2D eigenvalue weighted by atomic mass is 9.89. The number of pyridine rings is 1. The molecule has 12 heteroatoms. The molecule has 3 aliphatic rings. The number of nitrogens with one attached hydrogen (secondary N) is 1. The third kappa shape index (κ3) is 3.56. The first-order valence-corrected chi connectivity index (χ1v) is 11.3. The standard InChI is InChI=1S/C22H19N5O6S/c23-19(28)11-1-3-12(4-2-11)25-22(32)26-10-33-18-14(9-34-13-5-7-24-8-6-13)15(21(30)31)27-16(18)17(26)20(27)29/h1-8,16-18H,9-10H2,(H2,23,28)(H,25,32)(H,30,31)/t16-,17-,18?/m0/s1. The van der Waals surface area contributed by atoms with Gasteiger partial charge in [-0.15, -0.1) is 11.8 Å². The van der Waals surface area contributed by atoms with Gasteiger partial charge >= 0.3 is 12.0 Å². The van der Waals surface area contributed by atoms with E-state index < -0.39 is 42.0 Å². The van der Waals surface area contributed by atoms with Crippen LogP contribution in [0, 0.1) is 0 Å². The lowest BCUT2D eigenvalue weighted by Gasteiger charge is -2.52. The summed E-state index contributed by atoms with van der Waals surface area (Å²) in [5.74, 6) is -1.93. The largest absolute Gasteiger partial charge is 0.477 e. The van der Waals surface area contributed by atoms with Crippen molar-refractivity contribution in [2.24, 2.45) is 5.73 Å². The van der Waals surface area contributed by atoms with Crippen LogP contribution in [-0.2, 0) is 14.3 Å². The fourth-order valence-electron chi connectivity index (χ4n) is 4.39. The van der Waals surface area contributed by atoms with Gasteiger partial charge in [0.1, 0.15) is 24.6 Å². The molecule has 1 unspecified atom stereocenters. The number of aromatic nitrogens is 1. The summed E-state index contributed by atoms with van der Waals surface area (Å²) in [4.78, 5) is 56.4. The number of primary amides is 1. The highest BCUT2D eigenvalue weighted by Gasteiger charge is 2.65. The van der Waals surface area contributed by atoms with Crippen molar-refractivity contribution in [1.82, 2.24) is 14.8 Å². The van der Waals surface area contributed by atoms with Crippen LogP contribution >= 0.6 is 11.8 Å². The second kappa shape index (κ2) is 8.47. The minimum Gasteiger partial charge on any atom is -0.477 e. The monoisotopic (exact) mass is 481 g/mol. The van der Waals surface area contributed by atoms with E-state index in [1.165, 1.54) is 45.8 Å². The fourth-order valence-corrected chi connectivity index (χ4v) is 5.33. The molecule has 174 valence electrons. The van der Waals surface area contributed by atoms with E-state index >= 15 is 0 Å². The van der Waals surface area contributed by atoms with E-state index in [2.05, 4.69) is 10.3 Å². The number of carbonyl (C=O) groups excluding carboxylic acids is 3. The fraction of sp³-hybridized carbons (Fsp3) is 0.227. The van der Waals surface area contributed by atoms with Crippen LogP contribution in [0.1, 0.15) is 10.4 Å². The predicted octanol–water partition coefficient (Wildman–Crippen LogP) is 1.09. The average molecular weight is 481 g/mol. The summed E-state index contributed by atoms with van der Waals surface area (Å²) in [5.41, 5.74) is 6.36. The highest BCUT2D eigenvalue weighted by atomic mass is 32.2. The summed E-state index contributed by atoms with van der Waals surface area (Å²) in [6.07, 6.45) is 2.68. The number of carboxylic acids is 1. The van der Waals surface area contributed by atoms with Crippen LogP contribution in [0.15, 0.2) is 65.0 Å². The number of aliphatic carboxylic acids is 1. The van der Waals surface area contributed by atoms with E-state index in [1.807, 2.05) is 12.1 Å². The molecule has 5 rings (SSSR count). The number of anilines is 1. The third-order valence-corrected chi connectivity index (χ3v) is 7.03. The number of β-lactam (4-membered cyclic amide) rings is 1. The van der Waals surface area contributed by atoms with Crippen molar-refractivity contribution in [2.75, 3.05) is 17.8 Å². The molecule has 2 saturated heterocycles. The van der Waals surface area contributed by atoms with Gasteiger partial charge in [-0.25, -0.2) is 9.59 Å².